The zero-order valence-corrected chi connectivity index (χ0v) is 27.9. The Hall–Kier alpha value is -4.07. The van der Waals surface area contributed by atoms with E-state index in [9.17, 15) is 9.59 Å². The summed E-state index contributed by atoms with van der Waals surface area (Å²) >= 11 is 0. The van der Waals surface area contributed by atoms with Gasteiger partial charge in [0.05, 0.1) is 29.3 Å². The SMILES string of the molecule is CCOC(=O)[C@@H](CN1CCN(Cc2c(-c3ccccc3)nc3ccccc3c2C(=O)N[C@@H](C)C2CCCCC2)CC1)c1ccccc1. The molecule has 1 aliphatic carbocycles. The van der Waals surface area contributed by atoms with Crippen molar-refractivity contribution < 1.29 is 14.3 Å². The molecule has 1 N–H and O–H groups in total. The Labute approximate surface area is 279 Å². The fourth-order valence-electron chi connectivity index (χ4n) is 7.39. The van der Waals surface area contributed by atoms with Gasteiger partial charge in [0.15, 0.2) is 0 Å². The smallest absolute Gasteiger partial charge is 0.314 e. The van der Waals surface area contributed by atoms with E-state index >= 15 is 0 Å². The van der Waals surface area contributed by atoms with Gasteiger partial charge in [0.1, 0.15) is 0 Å². The molecule has 4 aromatic rings. The Bertz CT molecular complexity index is 1630. The zero-order valence-electron chi connectivity index (χ0n) is 27.9. The third-order valence-corrected chi connectivity index (χ3v) is 10.0. The summed E-state index contributed by atoms with van der Waals surface area (Å²) in [4.78, 5) is 37.3. The summed E-state index contributed by atoms with van der Waals surface area (Å²) in [6.07, 6.45) is 6.12. The molecule has 1 saturated heterocycles. The van der Waals surface area contributed by atoms with Crippen molar-refractivity contribution in [2.24, 2.45) is 5.92 Å². The number of nitrogens with zero attached hydrogens (tertiary/aromatic N) is 3. The molecule has 246 valence electrons. The number of nitrogens with one attached hydrogen (secondary N) is 1. The van der Waals surface area contributed by atoms with E-state index in [1.807, 2.05) is 79.7 Å². The first kappa shape index (κ1) is 32.9. The minimum atomic E-state index is -0.321. The molecule has 7 nitrogen and oxygen atoms in total. The highest BCUT2D eigenvalue weighted by Crippen LogP contribution is 2.33. The second-order valence-electron chi connectivity index (χ2n) is 13.1. The molecule has 0 bridgehead atoms. The van der Waals surface area contributed by atoms with Gasteiger partial charge in [-0.1, -0.05) is 98.1 Å². The van der Waals surface area contributed by atoms with Crippen molar-refractivity contribution in [1.29, 1.82) is 0 Å². The number of carbonyl (C=O) groups excluding carboxylic acids is 2. The van der Waals surface area contributed by atoms with Gasteiger partial charge >= 0.3 is 5.97 Å². The molecule has 1 amide bonds. The van der Waals surface area contributed by atoms with Crippen molar-refractivity contribution in [3.8, 4) is 11.3 Å². The van der Waals surface area contributed by atoms with Crippen LogP contribution in [-0.4, -0.2) is 72.0 Å². The van der Waals surface area contributed by atoms with Gasteiger partial charge in [0.2, 0.25) is 0 Å². The van der Waals surface area contributed by atoms with Crippen LogP contribution in [0, 0.1) is 5.92 Å². The molecular formula is C40H48N4O3. The van der Waals surface area contributed by atoms with Crippen molar-refractivity contribution in [1.82, 2.24) is 20.1 Å². The molecular weight excluding hydrogens is 584 g/mol. The second kappa shape index (κ2) is 15.7. The summed E-state index contributed by atoms with van der Waals surface area (Å²) in [6.45, 7) is 8.94. The van der Waals surface area contributed by atoms with Crippen LogP contribution in [-0.2, 0) is 16.1 Å². The van der Waals surface area contributed by atoms with Crippen molar-refractivity contribution in [3.05, 3.63) is 102 Å². The standard InChI is InChI=1S/C40H48N4O3/c1-3-47-40(46)34(31-17-9-5-10-18-31)27-43-23-25-44(26-24-43)28-35-37(39(45)41-29(2)30-15-7-4-8-16-30)33-21-13-14-22-36(33)42-38(35)32-19-11-6-12-20-32/h5-6,9-14,17-22,29-30,34H,3-4,7-8,15-16,23-28H2,1-2H3,(H,41,45)/t29-,34-/m0/s1. The zero-order chi connectivity index (χ0) is 32.6. The quantitative estimate of drug-likeness (QED) is 0.179. The fourth-order valence-corrected chi connectivity index (χ4v) is 7.39. The number of piperazine rings is 1. The van der Waals surface area contributed by atoms with Gasteiger partial charge in [-0.25, -0.2) is 4.98 Å². The van der Waals surface area contributed by atoms with E-state index in [1.165, 1.54) is 32.1 Å². The molecule has 6 rings (SSSR count). The predicted molar refractivity (Wildman–Crippen MR) is 188 cm³/mol. The highest BCUT2D eigenvalue weighted by atomic mass is 16.5. The van der Waals surface area contributed by atoms with Crippen LogP contribution in [0.4, 0.5) is 0 Å². The average molecular weight is 633 g/mol. The van der Waals surface area contributed by atoms with Crippen LogP contribution in [0.2, 0.25) is 0 Å². The third kappa shape index (κ3) is 7.91. The van der Waals surface area contributed by atoms with Crippen LogP contribution in [0.15, 0.2) is 84.9 Å². The number of carbonyl (C=O) groups is 2. The maximum atomic E-state index is 14.4. The van der Waals surface area contributed by atoms with Crippen LogP contribution in [0.1, 0.15) is 73.4 Å². The van der Waals surface area contributed by atoms with E-state index in [0.717, 1.165) is 65.0 Å². The van der Waals surface area contributed by atoms with Gasteiger partial charge in [0.25, 0.3) is 5.91 Å². The number of ether oxygens (including phenoxy) is 1. The first-order chi connectivity index (χ1) is 23.0. The highest BCUT2D eigenvalue weighted by molar-refractivity contribution is 6.09. The molecule has 1 aliphatic heterocycles. The number of hydrogen-bond acceptors (Lipinski definition) is 6. The highest BCUT2D eigenvalue weighted by Gasteiger charge is 2.30. The van der Waals surface area contributed by atoms with Gasteiger partial charge in [0, 0.05) is 61.8 Å². The Morgan fingerprint density at radius 2 is 1.49 bits per heavy atom. The Morgan fingerprint density at radius 1 is 0.851 bits per heavy atom. The lowest BCUT2D eigenvalue weighted by Gasteiger charge is -2.36. The molecule has 2 atom stereocenters. The van der Waals surface area contributed by atoms with Gasteiger partial charge in [-0.2, -0.15) is 0 Å². The maximum Gasteiger partial charge on any atom is 0.314 e. The van der Waals surface area contributed by atoms with E-state index in [0.29, 0.717) is 25.6 Å². The first-order valence-electron chi connectivity index (χ1n) is 17.5. The molecule has 0 spiro atoms. The molecule has 1 aromatic heterocycles. The molecule has 47 heavy (non-hydrogen) atoms. The Kier molecular flexibility index (Phi) is 11.0. The van der Waals surface area contributed by atoms with Crippen LogP contribution < -0.4 is 5.32 Å². The van der Waals surface area contributed by atoms with E-state index in [4.69, 9.17) is 9.72 Å². The lowest BCUT2D eigenvalue weighted by Crippen LogP contribution is -2.48. The molecule has 2 heterocycles. The van der Waals surface area contributed by atoms with Crippen molar-refractivity contribution in [3.63, 3.8) is 0 Å². The topological polar surface area (TPSA) is 74.8 Å². The summed E-state index contributed by atoms with van der Waals surface area (Å²) in [6, 6.07) is 28.4. The fraction of sp³-hybridized carbons (Fsp3) is 0.425. The number of hydrogen-bond donors (Lipinski definition) is 1. The normalized spacial score (nSPS) is 17.7. The minimum absolute atomic E-state index is 0.00682. The van der Waals surface area contributed by atoms with Crippen molar-refractivity contribution in [2.75, 3.05) is 39.3 Å². The van der Waals surface area contributed by atoms with Crippen molar-refractivity contribution >= 4 is 22.8 Å². The lowest BCUT2D eigenvalue weighted by molar-refractivity contribution is -0.145. The van der Waals surface area contributed by atoms with Crippen LogP contribution in [0.25, 0.3) is 22.2 Å². The number of fused-ring (bicyclic) bond motifs is 1. The molecule has 7 heteroatoms. The van der Waals surface area contributed by atoms with Gasteiger partial charge in [-0.3, -0.25) is 19.4 Å². The summed E-state index contributed by atoms with van der Waals surface area (Å²) < 4.78 is 5.47. The minimum Gasteiger partial charge on any atom is -0.465 e. The van der Waals surface area contributed by atoms with Gasteiger partial charge in [-0.05, 0) is 44.2 Å². The van der Waals surface area contributed by atoms with Gasteiger partial charge < -0.3 is 10.1 Å². The van der Waals surface area contributed by atoms with Crippen LogP contribution in [0.3, 0.4) is 0 Å². The summed E-state index contributed by atoms with van der Waals surface area (Å²) in [7, 11) is 0. The number of benzene rings is 3. The Balaban J connectivity index is 1.27. The van der Waals surface area contributed by atoms with Crippen molar-refractivity contribution in [2.45, 2.75) is 64.5 Å². The maximum absolute atomic E-state index is 14.4. The number of esters is 1. The average Bonchev–Trinajstić information content (AvgIpc) is 3.12. The summed E-state index contributed by atoms with van der Waals surface area (Å²) in [5.41, 5.74) is 5.42. The molecule has 3 aromatic carbocycles. The molecule has 0 unspecified atom stereocenters. The van der Waals surface area contributed by atoms with Gasteiger partial charge in [-0.15, -0.1) is 0 Å². The molecule has 0 radical (unpaired) electrons. The van der Waals surface area contributed by atoms with Crippen LogP contribution in [0.5, 0.6) is 0 Å². The first-order valence-corrected chi connectivity index (χ1v) is 17.5. The molecule has 2 aliphatic rings. The lowest BCUT2D eigenvalue weighted by atomic mass is 9.84. The Morgan fingerprint density at radius 3 is 2.19 bits per heavy atom. The van der Waals surface area contributed by atoms with E-state index < -0.39 is 0 Å². The second-order valence-corrected chi connectivity index (χ2v) is 13.1. The molecule has 2 fully saturated rings. The largest absolute Gasteiger partial charge is 0.465 e. The summed E-state index contributed by atoms with van der Waals surface area (Å²) in [5.74, 6) is 0.0142. The number of pyridine rings is 1. The van der Waals surface area contributed by atoms with Crippen LogP contribution >= 0.6 is 0 Å². The van der Waals surface area contributed by atoms with E-state index in [2.05, 4.69) is 34.2 Å². The van der Waals surface area contributed by atoms with E-state index in [-0.39, 0.29) is 23.8 Å². The number of para-hydroxylation sites is 1. The summed E-state index contributed by atoms with van der Waals surface area (Å²) in [5, 5.41) is 4.34. The number of rotatable bonds is 11. The molecule has 1 saturated carbocycles. The van der Waals surface area contributed by atoms with E-state index in [1.54, 1.807) is 0 Å². The predicted octanol–water partition coefficient (Wildman–Crippen LogP) is 7.06. The monoisotopic (exact) mass is 632 g/mol. The number of amides is 1. The third-order valence-electron chi connectivity index (χ3n) is 10.0. The number of aromatic nitrogens is 1.